The lowest BCUT2D eigenvalue weighted by atomic mass is 9.95. The molecule has 2 aromatic rings. The van der Waals surface area contributed by atoms with Crippen molar-refractivity contribution in [2.24, 2.45) is 23.3 Å². The highest BCUT2D eigenvalue weighted by molar-refractivity contribution is 5.97. The van der Waals surface area contributed by atoms with Crippen molar-refractivity contribution < 1.29 is 14.4 Å². The monoisotopic (exact) mass is 494 g/mol. The van der Waals surface area contributed by atoms with E-state index in [2.05, 4.69) is 25.5 Å². The van der Waals surface area contributed by atoms with Crippen LogP contribution in [0.4, 0.5) is 23.1 Å². The van der Waals surface area contributed by atoms with Gasteiger partial charge in [0, 0.05) is 62.6 Å². The molecule has 2 fully saturated rings. The molecule has 36 heavy (non-hydrogen) atoms. The van der Waals surface area contributed by atoms with Crippen molar-refractivity contribution in [1.29, 1.82) is 0 Å². The SMILES string of the molecule is CN(C)C(=O)C1CCN(c2ccc(Nc3ncc(C(N)=O)c(NC4CC[C@H](C(N)=O)C4)n3)cc2)CC1. The largest absolute Gasteiger partial charge is 0.371 e. The number of hydrogen-bond acceptors (Lipinski definition) is 8. The number of piperidine rings is 1. The molecule has 1 saturated carbocycles. The summed E-state index contributed by atoms with van der Waals surface area (Å²) in [6, 6.07) is 7.91. The lowest BCUT2D eigenvalue weighted by molar-refractivity contribution is -0.133. The first kappa shape index (κ1) is 25.2. The third kappa shape index (κ3) is 5.84. The molecule has 2 heterocycles. The van der Waals surface area contributed by atoms with Crippen LogP contribution in [0.2, 0.25) is 0 Å². The minimum atomic E-state index is -0.631. The van der Waals surface area contributed by atoms with E-state index in [-0.39, 0.29) is 35.3 Å². The second kappa shape index (κ2) is 10.8. The van der Waals surface area contributed by atoms with Crippen LogP contribution < -0.4 is 27.0 Å². The first-order valence-corrected chi connectivity index (χ1v) is 12.3. The fraction of sp³-hybridized carbons (Fsp3) is 0.480. The van der Waals surface area contributed by atoms with Gasteiger partial charge in [-0.1, -0.05) is 0 Å². The Hall–Kier alpha value is -3.89. The van der Waals surface area contributed by atoms with Gasteiger partial charge in [-0.2, -0.15) is 4.98 Å². The molecule has 0 spiro atoms. The van der Waals surface area contributed by atoms with Crippen LogP contribution in [0.1, 0.15) is 42.5 Å². The fourth-order valence-corrected chi connectivity index (χ4v) is 4.93. The zero-order chi connectivity index (χ0) is 25.8. The quantitative estimate of drug-likeness (QED) is 0.431. The number of rotatable bonds is 8. The van der Waals surface area contributed by atoms with E-state index in [0.29, 0.717) is 24.6 Å². The minimum absolute atomic E-state index is 0.0280. The maximum absolute atomic E-state index is 12.2. The molecule has 11 nitrogen and oxygen atoms in total. The topological polar surface area (TPSA) is 160 Å². The summed E-state index contributed by atoms with van der Waals surface area (Å²) in [6.07, 6.45) is 5.12. The summed E-state index contributed by atoms with van der Waals surface area (Å²) >= 11 is 0. The zero-order valence-corrected chi connectivity index (χ0v) is 20.7. The molecule has 1 aliphatic carbocycles. The molecule has 1 aliphatic heterocycles. The van der Waals surface area contributed by atoms with E-state index in [1.54, 1.807) is 19.0 Å². The Morgan fingerprint density at radius 2 is 1.69 bits per heavy atom. The molecule has 2 atom stereocenters. The van der Waals surface area contributed by atoms with E-state index >= 15 is 0 Å². The Morgan fingerprint density at radius 3 is 2.28 bits per heavy atom. The number of hydrogen-bond donors (Lipinski definition) is 4. The maximum atomic E-state index is 12.2. The fourth-order valence-electron chi connectivity index (χ4n) is 4.93. The Balaban J connectivity index is 1.40. The number of nitrogens with zero attached hydrogens (tertiary/aromatic N) is 4. The lowest BCUT2D eigenvalue weighted by Gasteiger charge is -2.34. The summed E-state index contributed by atoms with van der Waals surface area (Å²) in [7, 11) is 3.61. The maximum Gasteiger partial charge on any atom is 0.254 e. The zero-order valence-electron chi connectivity index (χ0n) is 20.7. The number of nitrogens with two attached hydrogens (primary N) is 2. The smallest absolute Gasteiger partial charge is 0.254 e. The molecule has 0 bridgehead atoms. The molecule has 1 unspecified atom stereocenters. The number of carbonyl (C=O) groups excluding carboxylic acids is 3. The second-order valence-corrected chi connectivity index (χ2v) is 9.74. The molecule has 192 valence electrons. The summed E-state index contributed by atoms with van der Waals surface area (Å²) in [6.45, 7) is 1.67. The van der Waals surface area contributed by atoms with Crippen LogP contribution in [-0.2, 0) is 9.59 Å². The molecule has 1 saturated heterocycles. The molecular formula is C25H34N8O3. The summed E-state index contributed by atoms with van der Waals surface area (Å²) in [4.78, 5) is 48.3. The van der Waals surface area contributed by atoms with E-state index in [0.717, 1.165) is 43.7 Å². The summed E-state index contributed by atoms with van der Waals surface area (Å²) in [5, 5.41) is 6.41. The number of anilines is 4. The van der Waals surface area contributed by atoms with E-state index in [4.69, 9.17) is 11.5 Å². The van der Waals surface area contributed by atoms with E-state index < -0.39 is 5.91 Å². The van der Waals surface area contributed by atoms with E-state index in [1.165, 1.54) is 6.20 Å². The van der Waals surface area contributed by atoms with Crippen molar-refractivity contribution in [1.82, 2.24) is 14.9 Å². The Bertz CT molecular complexity index is 1110. The van der Waals surface area contributed by atoms with Gasteiger partial charge in [0.2, 0.25) is 17.8 Å². The molecule has 2 aliphatic rings. The second-order valence-electron chi connectivity index (χ2n) is 9.74. The van der Waals surface area contributed by atoms with Crippen molar-refractivity contribution >= 4 is 40.9 Å². The predicted octanol–water partition coefficient (Wildman–Crippen LogP) is 1.69. The Labute approximate surface area is 210 Å². The predicted molar refractivity (Wildman–Crippen MR) is 138 cm³/mol. The number of nitrogens with one attached hydrogen (secondary N) is 2. The third-order valence-corrected chi connectivity index (χ3v) is 7.00. The van der Waals surface area contributed by atoms with Crippen LogP contribution in [0.25, 0.3) is 0 Å². The minimum Gasteiger partial charge on any atom is -0.371 e. The number of carbonyl (C=O) groups is 3. The number of benzene rings is 1. The summed E-state index contributed by atoms with van der Waals surface area (Å²) in [5.74, 6) is -0.179. The third-order valence-electron chi connectivity index (χ3n) is 7.00. The van der Waals surface area contributed by atoms with Crippen LogP contribution in [0.3, 0.4) is 0 Å². The van der Waals surface area contributed by atoms with Gasteiger partial charge in [0.15, 0.2) is 0 Å². The lowest BCUT2D eigenvalue weighted by Crippen LogP contribution is -2.40. The van der Waals surface area contributed by atoms with E-state index in [1.807, 2.05) is 24.3 Å². The average molecular weight is 495 g/mol. The van der Waals surface area contributed by atoms with Gasteiger partial charge in [-0.3, -0.25) is 14.4 Å². The van der Waals surface area contributed by atoms with Gasteiger partial charge in [-0.05, 0) is 56.4 Å². The Morgan fingerprint density at radius 1 is 1.00 bits per heavy atom. The normalized spacial score (nSPS) is 20.1. The van der Waals surface area contributed by atoms with Crippen molar-refractivity contribution in [3.8, 4) is 0 Å². The highest BCUT2D eigenvalue weighted by Crippen LogP contribution is 2.29. The van der Waals surface area contributed by atoms with Crippen LogP contribution in [0, 0.1) is 11.8 Å². The standard InChI is InChI=1S/C25H34N8O3/c1-32(2)24(36)15-9-11-33(12-10-15)19-7-5-17(6-8-19)30-25-28-14-20(22(27)35)23(31-25)29-18-4-3-16(13-18)21(26)34/h5-8,14-16,18H,3-4,9-13H2,1-2H3,(H2,26,34)(H2,27,35)(H2,28,29,30,31)/t16-,18?/m0/s1. The first-order valence-electron chi connectivity index (χ1n) is 12.3. The number of primary amides is 2. The van der Waals surface area contributed by atoms with Crippen molar-refractivity contribution in [3.63, 3.8) is 0 Å². The number of aromatic nitrogens is 2. The van der Waals surface area contributed by atoms with Crippen LogP contribution in [-0.4, -0.2) is 65.8 Å². The van der Waals surface area contributed by atoms with Gasteiger partial charge in [0.1, 0.15) is 5.82 Å². The molecule has 1 aromatic carbocycles. The summed E-state index contributed by atoms with van der Waals surface area (Å²) in [5.41, 5.74) is 13.0. The van der Waals surface area contributed by atoms with Crippen LogP contribution in [0.15, 0.2) is 30.5 Å². The first-order chi connectivity index (χ1) is 17.2. The van der Waals surface area contributed by atoms with Gasteiger partial charge in [-0.15, -0.1) is 0 Å². The van der Waals surface area contributed by atoms with Crippen molar-refractivity contribution in [2.45, 2.75) is 38.1 Å². The van der Waals surface area contributed by atoms with Gasteiger partial charge in [0.05, 0.1) is 5.56 Å². The number of amides is 3. The molecule has 3 amide bonds. The molecule has 1 aromatic heterocycles. The summed E-state index contributed by atoms with van der Waals surface area (Å²) < 4.78 is 0. The average Bonchev–Trinajstić information content (AvgIpc) is 3.33. The molecular weight excluding hydrogens is 460 g/mol. The molecule has 0 radical (unpaired) electrons. The highest BCUT2D eigenvalue weighted by Gasteiger charge is 2.30. The van der Waals surface area contributed by atoms with E-state index in [9.17, 15) is 14.4 Å². The van der Waals surface area contributed by atoms with Gasteiger partial charge >= 0.3 is 0 Å². The van der Waals surface area contributed by atoms with Crippen LogP contribution in [0.5, 0.6) is 0 Å². The van der Waals surface area contributed by atoms with Gasteiger partial charge in [0.25, 0.3) is 5.91 Å². The van der Waals surface area contributed by atoms with Gasteiger partial charge < -0.3 is 31.9 Å². The van der Waals surface area contributed by atoms with Crippen molar-refractivity contribution in [2.75, 3.05) is 42.7 Å². The molecule has 11 heteroatoms. The van der Waals surface area contributed by atoms with Crippen LogP contribution >= 0.6 is 0 Å². The molecule has 6 N–H and O–H groups in total. The molecule has 4 rings (SSSR count). The highest BCUT2D eigenvalue weighted by atomic mass is 16.2. The Kier molecular flexibility index (Phi) is 7.56. The van der Waals surface area contributed by atoms with Gasteiger partial charge in [-0.25, -0.2) is 4.98 Å². The van der Waals surface area contributed by atoms with Crippen molar-refractivity contribution in [3.05, 3.63) is 36.0 Å².